The smallest absolute Gasteiger partial charge is 0.191 e. The molecule has 1 saturated carbocycles. The first-order valence-electron chi connectivity index (χ1n) is 4.02. The quantitative estimate of drug-likeness (QED) is 0.691. The van der Waals surface area contributed by atoms with Gasteiger partial charge in [0.25, 0.3) is 0 Å². The van der Waals surface area contributed by atoms with E-state index in [2.05, 4.69) is 4.98 Å². The van der Waals surface area contributed by atoms with Crippen molar-refractivity contribution in [2.45, 2.75) is 18.9 Å². The molecule has 3 nitrogen and oxygen atoms in total. The van der Waals surface area contributed by atoms with Crippen molar-refractivity contribution in [3.05, 3.63) is 23.8 Å². The molecule has 0 unspecified atom stereocenters. The molecule has 0 bridgehead atoms. The zero-order chi connectivity index (χ0) is 9.26. The molecule has 66 valence electrons. The van der Waals surface area contributed by atoms with Crippen LogP contribution in [0, 0.1) is 17.1 Å². The van der Waals surface area contributed by atoms with Gasteiger partial charge in [0.2, 0.25) is 0 Å². The van der Waals surface area contributed by atoms with Gasteiger partial charge >= 0.3 is 0 Å². The molecule has 1 aliphatic carbocycles. The Morgan fingerprint density at radius 2 is 2.38 bits per heavy atom. The van der Waals surface area contributed by atoms with Crippen LogP contribution in [0.1, 0.15) is 18.5 Å². The van der Waals surface area contributed by atoms with Gasteiger partial charge in [0.05, 0.1) is 6.10 Å². The number of halogens is 1. The van der Waals surface area contributed by atoms with Crippen LogP contribution in [0.25, 0.3) is 0 Å². The Kier molecular flexibility index (Phi) is 1.85. The topological polar surface area (TPSA) is 45.9 Å². The first kappa shape index (κ1) is 7.99. The molecule has 4 heteroatoms. The summed E-state index contributed by atoms with van der Waals surface area (Å²) in [5.41, 5.74) is 0.0203. The zero-order valence-corrected chi connectivity index (χ0v) is 6.83. The number of nitrogens with zero attached hydrogens (tertiary/aromatic N) is 2. The maximum absolute atomic E-state index is 13.1. The molecule has 1 fully saturated rings. The normalized spacial score (nSPS) is 15.1. The van der Waals surface area contributed by atoms with Crippen LogP contribution in [0.3, 0.4) is 0 Å². The van der Waals surface area contributed by atoms with E-state index in [1.807, 2.05) is 0 Å². The third kappa shape index (κ3) is 1.59. The maximum Gasteiger partial charge on any atom is 0.191 e. The summed E-state index contributed by atoms with van der Waals surface area (Å²) >= 11 is 0. The molecule has 0 saturated heterocycles. The molecule has 0 atom stereocenters. The predicted octanol–water partition coefficient (Wildman–Crippen LogP) is 1.63. The first-order valence-corrected chi connectivity index (χ1v) is 4.02. The lowest BCUT2D eigenvalue weighted by atomic mass is 10.3. The average Bonchev–Trinajstić information content (AvgIpc) is 2.92. The van der Waals surface area contributed by atoms with E-state index < -0.39 is 5.82 Å². The Hall–Kier alpha value is -1.63. The number of rotatable bonds is 2. The molecule has 0 radical (unpaired) electrons. The van der Waals surface area contributed by atoms with Crippen LogP contribution in [0.2, 0.25) is 0 Å². The molecule has 1 aromatic heterocycles. The van der Waals surface area contributed by atoms with Gasteiger partial charge in [0, 0.05) is 6.20 Å². The molecule has 13 heavy (non-hydrogen) atoms. The fraction of sp³-hybridized carbons (Fsp3) is 0.333. The second kappa shape index (κ2) is 3.02. The molecular formula is C9H7FN2O. The highest BCUT2D eigenvalue weighted by Gasteiger charge is 2.26. The van der Waals surface area contributed by atoms with Gasteiger partial charge in [-0.05, 0) is 18.9 Å². The molecule has 2 rings (SSSR count). The molecule has 1 heterocycles. The monoisotopic (exact) mass is 178 g/mol. The highest BCUT2D eigenvalue weighted by atomic mass is 19.1. The number of pyridine rings is 1. The molecule has 0 spiro atoms. The highest BCUT2D eigenvalue weighted by molar-refractivity contribution is 5.38. The molecule has 0 N–H and O–H groups in total. The summed E-state index contributed by atoms with van der Waals surface area (Å²) in [6.07, 6.45) is 3.19. The van der Waals surface area contributed by atoms with Gasteiger partial charge in [-0.2, -0.15) is 5.26 Å². The van der Waals surface area contributed by atoms with Crippen molar-refractivity contribution in [1.29, 1.82) is 5.26 Å². The van der Waals surface area contributed by atoms with E-state index in [4.69, 9.17) is 10.00 Å². The summed E-state index contributed by atoms with van der Waals surface area (Å²) < 4.78 is 18.3. The molecule has 0 aromatic carbocycles. The summed E-state index contributed by atoms with van der Waals surface area (Å²) in [6.45, 7) is 0. The molecular weight excluding hydrogens is 171 g/mol. The van der Waals surface area contributed by atoms with Gasteiger partial charge in [-0.25, -0.2) is 9.37 Å². The van der Waals surface area contributed by atoms with Crippen LogP contribution in [0.5, 0.6) is 5.75 Å². The highest BCUT2D eigenvalue weighted by Crippen LogP contribution is 2.29. The standard InChI is InChI=1S/C9H7FN2O/c10-7-3-4-12-8(5-11)9(7)13-6-1-2-6/h3-4,6H,1-2H2. The van der Waals surface area contributed by atoms with Crippen molar-refractivity contribution in [1.82, 2.24) is 4.98 Å². The van der Waals surface area contributed by atoms with E-state index in [-0.39, 0.29) is 17.5 Å². The SMILES string of the molecule is N#Cc1nccc(F)c1OC1CC1. The first-order chi connectivity index (χ1) is 6.31. The summed E-state index contributed by atoms with van der Waals surface area (Å²) in [6, 6.07) is 2.99. The van der Waals surface area contributed by atoms with E-state index in [0.29, 0.717) is 0 Å². The third-order valence-electron chi connectivity index (χ3n) is 1.77. The van der Waals surface area contributed by atoms with E-state index in [1.54, 1.807) is 6.07 Å². The Labute approximate surface area is 74.8 Å². The second-order valence-electron chi connectivity index (χ2n) is 2.90. The van der Waals surface area contributed by atoms with Gasteiger partial charge in [0.1, 0.15) is 6.07 Å². The fourth-order valence-corrected chi connectivity index (χ4v) is 0.969. The van der Waals surface area contributed by atoms with Gasteiger partial charge < -0.3 is 4.74 Å². The minimum Gasteiger partial charge on any atom is -0.484 e. The lowest BCUT2D eigenvalue weighted by Crippen LogP contribution is -2.02. The van der Waals surface area contributed by atoms with Crippen molar-refractivity contribution in [2.24, 2.45) is 0 Å². The third-order valence-corrected chi connectivity index (χ3v) is 1.77. The zero-order valence-electron chi connectivity index (χ0n) is 6.83. The Morgan fingerprint density at radius 3 is 3.00 bits per heavy atom. The number of aromatic nitrogens is 1. The molecule has 0 aliphatic heterocycles. The van der Waals surface area contributed by atoms with Gasteiger partial charge in [-0.15, -0.1) is 0 Å². The largest absolute Gasteiger partial charge is 0.484 e. The number of ether oxygens (including phenoxy) is 1. The van der Waals surface area contributed by atoms with Crippen LogP contribution in [0.15, 0.2) is 12.3 Å². The minimum atomic E-state index is -0.515. The summed E-state index contributed by atoms with van der Waals surface area (Å²) in [7, 11) is 0. The van der Waals surface area contributed by atoms with Gasteiger partial charge in [-0.3, -0.25) is 0 Å². The van der Waals surface area contributed by atoms with E-state index in [1.165, 1.54) is 12.3 Å². The van der Waals surface area contributed by atoms with Crippen molar-refractivity contribution in [3.8, 4) is 11.8 Å². The summed E-state index contributed by atoms with van der Waals surface area (Å²) in [5, 5.41) is 8.62. The Morgan fingerprint density at radius 1 is 1.62 bits per heavy atom. The minimum absolute atomic E-state index is 0.00694. The van der Waals surface area contributed by atoms with Crippen molar-refractivity contribution >= 4 is 0 Å². The van der Waals surface area contributed by atoms with Crippen LogP contribution in [-0.2, 0) is 0 Å². The van der Waals surface area contributed by atoms with Gasteiger partial charge in [-0.1, -0.05) is 0 Å². The Balaban J connectivity index is 2.34. The Bertz CT molecular complexity index is 368. The number of hydrogen-bond acceptors (Lipinski definition) is 3. The van der Waals surface area contributed by atoms with Crippen LogP contribution in [0.4, 0.5) is 4.39 Å². The van der Waals surface area contributed by atoms with Crippen LogP contribution >= 0.6 is 0 Å². The number of nitriles is 1. The average molecular weight is 178 g/mol. The molecule has 1 aliphatic rings. The summed E-state index contributed by atoms with van der Waals surface area (Å²) in [5.74, 6) is -0.522. The summed E-state index contributed by atoms with van der Waals surface area (Å²) in [4.78, 5) is 3.71. The number of hydrogen-bond donors (Lipinski definition) is 0. The maximum atomic E-state index is 13.1. The van der Waals surface area contributed by atoms with E-state index >= 15 is 0 Å². The lowest BCUT2D eigenvalue weighted by Gasteiger charge is -2.05. The van der Waals surface area contributed by atoms with Crippen LogP contribution in [-0.4, -0.2) is 11.1 Å². The second-order valence-corrected chi connectivity index (χ2v) is 2.90. The fourth-order valence-electron chi connectivity index (χ4n) is 0.969. The predicted molar refractivity (Wildman–Crippen MR) is 42.6 cm³/mol. The van der Waals surface area contributed by atoms with Crippen molar-refractivity contribution in [3.63, 3.8) is 0 Å². The van der Waals surface area contributed by atoms with E-state index in [0.717, 1.165) is 12.8 Å². The molecule has 0 amide bonds. The lowest BCUT2D eigenvalue weighted by molar-refractivity contribution is 0.285. The van der Waals surface area contributed by atoms with E-state index in [9.17, 15) is 4.39 Å². The molecule has 1 aromatic rings. The van der Waals surface area contributed by atoms with Crippen LogP contribution < -0.4 is 4.74 Å². The van der Waals surface area contributed by atoms with Crippen molar-refractivity contribution in [2.75, 3.05) is 0 Å². The van der Waals surface area contributed by atoms with Crippen molar-refractivity contribution < 1.29 is 9.13 Å². The van der Waals surface area contributed by atoms with Gasteiger partial charge in [0.15, 0.2) is 17.3 Å².